The van der Waals surface area contributed by atoms with Crippen LogP contribution in [0.5, 0.6) is 0 Å². The van der Waals surface area contributed by atoms with Crippen LogP contribution in [0.3, 0.4) is 0 Å². The molecule has 1 aliphatic rings. The number of benzene rings is 1. The van der Waals surface area contributed by atoms with Crippen LogP contribution in [0.15, 0.2) is 24.3 Å². The molecular formula is C13H16N2O5S. The molecule has 1 aliphatic heterocycles. The highest BCUT2D eigenvalue weighted by molar-refractivity contribution is 7.89. The highest BCUT2D eigenvalue weighted by Crippen LogP contribution is 2.17. The van der Waals surface area contributed by atoms with Gasteiger partial charge in [-0.15, -0.1) is 0 Å². The summed E-state index contributed by atoms with van der Waals surface area (Å²) >= 11 is 0. The van der Waals surface area contributed by atoms with E-state index in [1.165, 1.54) is 0 Å². The van der Waals surface area contributed by atoms with Crippen molar-refractivity contribution >= 4 is 27.6 Å². The van der Waals surface area contributed by atoms with Gasteiger partial charge in [-0.25, -0.2) is 8.42 Å². The first-order chi connectivity index (χ1) is 9.88. The van der Waals surface area contributed by atoms with E-state index in [2.05, 4.69) is 5.32 Å². The second-order valence-corrected chi connectivity index (χ2v) is 6.87. The fraction of sp³-hybridized carbons (Fsp3) is 0.385. The molecular weight excluding hydrogens is 296 g/mol. The predicted molar refractivity (Wildman–Crippen MR) is 76.4 cm³/mol. The number of nitrogens with zero attached hydrogens (tertiary/aromatic N) is 1. The Labute approximate surface area is 122 Å². The number of carbonyl (C=O) groups is 2. The maximum atomic E-state index is 11.9. The molecule has 8 heteroatoms. The summed E-state index contributed by atoms with van der Waals surface area (Å²) in [5.74, 6) is -1.41. The Morgan fingerprint density at radius 3 is 2.62 bits per heavy atom. The molecule has 21 heavy (non-hydrogen) atoms. The third kappa shape index (κ3) is 4.02. The standard InChI is InChI=1S/C13H16N2O5S/c16-12(9-15-6-3-7-21(15,19)20)14-11-5-2-1-4-10(11)8-13(17)18/h1-2,4-5H,3,6-9H2,(H,14,16)(H,17,18). The van der Waals surface area contributed by atoms with Crippen LogP contribution in [0, 0.1) is 0 Å². The quantitative estimate of drug-likeness (QED) is 0.813. The highest BCUT2D eigenvalue weighted by atomic mass is 32.2. The molecule has 1 fully saturated rings. The van der Waals surface area contributed by atoms with Gasteiger partial charge in [0, 0.05) is 12.2 Å². The van der Waals surface area contributed by atoms with E-state index < -0.39 is 21.9 Å². The number of hydrogen-bond acceptors (Lipinski definition) is 4. The van der Waals surface area contributed by atoms with Crippen molar-refractivity contribution in [1.82, 2.24) is 4.31 Å². The minimum absolute atomic E-state index is 0.0654. The van der Waals surface area contributed by atoms with E-state index in [1.807, 2.05) is 0 Å². The summed E-state index contributed by atoms with van der Waals surface area (Å²) in [6.45, 7) is 0.0935. The summed E-state index contributed by atoms with van der Waals surface area (Å²) in [6, 6.07) is 6.55. The van der Waals surface area contributed by atoms with Crippen LogP contribution in [0.25, 0.3) is 0 Å². The minimum atomic E-state index is -3.33. The average molecular weight is 312 g/mol. The summed E-state index contributed by atoms with van der Waals surface area (Å²) in [4.78, 5) is 22.7. The largest absolute Gasteiger partial charge is 0.481 e. The van der Waals surface area contributed by atoms with Crippen molar-refractivity contribution in [2.75, 3.05) is 24.2 Å². The number of rotatable bonds is 5. The van der Waals surface area contributed by atoms with Gasteiger partial charge >= 0.3 is 5.97 Å². The van der Waals surface area contributed by atoms with Gasteiger partial charge in [-0.3, -0.25) is 9.59 Å². The Kier molecular flexibility index (Phi) is 4.59. The van der Waals surface area contributed by atoms with Crippen LogP contribution in [0.1, 0.15) is 12.0 Å². The second kappa shape index (κ2) is 6.23. The molecule has 1 aromatic rings. The number of aliphatic carboxylic acids is 1. The lowest BCUT2D eigenvalue weighted by Crippen LogP contribution is -2.34. The van der Waals surface area contributed by atoms with Gasteiger partial charge in [0.15, 0.2) is 0 Å². The Bertz CT molecular complexity index is 656. The van der Waals surface area contributed by atoms with E-state index >= 15 is 0 Å². The normalized spacial score (nSPS) is 17.5. The molecule has 2 rings (SSSR count). The molecule has 1 aromatic carbocycles. The summed E-state index contributed by atoms with van der Waals surface area (Å²) in [5, 5.41) is 11.4. The number of carboxylic acid groups (broad SMARTS) is 1. The van der Waals surface area contributed by atoms with Gasteiger partial charge in [-0.2, -0.15) is 4.31 Å². The number of carbonyl (C=O) groups excluding carboxylic acids is 1. The van der Waals surface area contributed by atoms with Crippen molar-refractivity contribution in [3.05, 3.63) is 29.8 Å². The molecule has 7 nitrogen and oxygen atoms in total. The third-order valence-corrected chi connectivity index (χ3v) is 5.06. The highest BCUT2D eigenvalue weighted by Gasteiger charge is 2.29. The minimum Gasteiger partial charge on any atom is -0.481 e. The zero-order valence-corrected chi connectivity index (χ0v) is 12.1. The molecule has 0 radical (unpaired) electrons. The number of carboxylic acids is 1. The van der Waals surface area contributed by atoms with Crippen LogP contribution >= 0.6 is 0 Å². The molecule has 0 saturated carbocycles. The Balaban J connectivity index is 2.05. The fourth-order valence-corrected chi connectivity index (χ4v) is 3.65. The van der Waals surface area contributed by atoms with Gasteiger partial charge in [-0.1, -0.05) is 18.2 Å². The number of sulfonamides is 1. The molecule has 0 aromatic heterocycles. The van der Waals surface area contributed by atoms with Crippen LogP contribution in [-0.4, -0.2) is 48.5 Å². The predicted octanol–water partition coefficient (Wildman–Crippen LogP) is 0.288. The van der Waals surface area contributed by atoms with E-state index in [1.54, 1.807) is 24.3 Å². The third-order valence-electron chi connectivity index (χ3n) is 3.16. The monoisotopic (exact) mass is 312 g/mol. The zero-order valence-electron chi connectivity index (χ0n) is 11.3. The summed E-state index contributed by atoms with van der Waals surface area (Å²) in [7, 11) is -3.33. The lowest BCUT2D eigenvalue weighted by molar-refractivity contribution is -0.136. The van der Waals surface area contributed by atoms with E-state index in [-0.39, 0.29) is 18.7 Å². The number of anilines is 1. The van der Waals surface area contributed by atoms with Gasteiger partial charge in [0.1, 0.15) is 0 Å². The molecule has 2 N–H and O–H groups in total. The molecule has 1 amide bonds. The molecule has 0 unspecified atom stereocenters. The van der Waals surface area contributed by atoms with Crippen LogP contribution in [0.4, 0.5) is 5.69 Å². The average Bonchev–Trinajstić information content (AvgIpc) is 2.70. The van der Waals surface area contributed by atoms with Gasteiger partial charge in [-0.05, 0) is 18.1 Å². The van der Waals surface area contributed by atoms with Gasteiger partial charge in [0.05, 0.1) is 18.7 Å². The van der Waals surface area contributed by atoms with Crippen molar-refractivity contribution in [3.63, 3.8) is 0 Å². The first-order valence-electron chi connectivity index (χ1n) is 6.46. The Hall–Kier alpha value is -1.93. The molecule has 1 saturated heterocycles. The van der Waals surface area contributed by atoms with Crippen LogP contribution in [-0.2, 0) is 26.0 Å². The van der Waals surface area contributed by atoms with Crippen molar-refractivity contribution < 1.29 is 23.1 Å². The number of nitrogens with one attached hydrogen (secondary N) is 1. The van der Waals surface area contributed by atoms with Gasteiger partial charge in [0.2, 0.25) is 15.9 Å². The first-order valence-corrected chi connectivity index (χ1v) is 8.07. The number of amides is 1. The summed E-state index contributed by atoms with van der Waals surface area (Å²) in [5.41, 5.74) is 0.865. The van der Waals surface area contributed by atoms with Gasteiger partial charge in [0.25, 0.3) is 0 Å². The van der Waals surface area contributed by atoms with Crippen molar-refractivity contribution in [2.24, 2.45) is 0 Å². The molecule has 0 atom stereocenters. The van der Waals surface area contributed by atoms with E-state index in [9.17, 15) is 18.0 Å². The maximum absolute atomic E-state index is 11.9. The van der Waals surface area contributed by atoms with Crippen molar-refractivity contribution in [3.8, 4) is 0 Å². The Morgan fingerprint density at radius 2 is 2.00 bits per heavy atom. The molecule has 0 bridgehead atoms. The lowest BCUT2D eigenvalue weighted by atomic mass is 10.1. The summed E-state index contributed by atoms with van der Waals surface area (Å²) < 4.78 is 24.4. The Morgan fingerprint density at radius 1 is 1.29 bits per heavy atom. The molecule has 1 heterocycles. The molecule has 0 aliphatic carbocycles. The molecule has 114 valence electrons. The lowest BCUT2D eigenvalue weighted by Gasteiger charge is -2.15. The maximum Gasteiger partial charge on any atom is 0.307 e. The second-order valence-electron chi connectivity index (χ2n) is 4.78. The van der Waals surface area contributed by atoms with Crippen LogP contribution < -0.4 is 5.32 Å². The SMILES string of the molecule is O=C(O)Cc1ccccc1NC(=O)CN1CCCS1(=O)=O. The number of hydrogen-bond donors (Lipinski definition) is 2. The van der Waals surface area contributed by atoms with E-state index in [4.69, 9.17) is 5.11 Å². The first kappa shape index (κ1) is 15.5. The number of para-hydroxylation sites is 1. The molecule has 0 spiro atoms. The van der Waals surface area contributed by atoms with Gasteiger partial charge < -0.3 is 10.4 Å². The topological polar surface area (TPSA) is 104 Å². The van der Waals surface area contributed by atoms with E-state index in [0.29, 0.717) is 24.2 Å². The summed E-state index contributed by atoms with van der Waals surface area (Å²) in [6.07, 6.45) is 0.309. The van der Waals surface area contributed by atoms with E-state index in [0.717, 1.165) is 4.31 Å². The van der Waals surface area contributed by atoms with Crippen LogP contribution in [0.2, 0.25) is 0 Å². The zero-order chi connectivity index (χ0) is 15.5. The van der Waals surface area contributed by atoms with Crippen molar-refractivity contribution in [1.29, 1.82) is 0 Å². The van der Waals surface area contributed by atoms with Crippen molar-refractivity contribution in [2.45, 2.75) is 12.8 Å². The fourth-order valence-electron chi connectivity index (χ4n) is 2.18. The smallest absolute Gasteiger partial charge is 0.307 e.